The highest BCUT2D eigenvalue weighted by Crippen LogP contribution is 2.22. The summed E-state index contributed by atoms with van der Waals surface area (Å²) in [6, 6.07) is 16.5. The summed E-state index contributed by atoms with van der Waals surface area (Å²) in [6.45, 7) is 3.48. The number of rotatable bonds is 5. The van der Waals surface area contributed by atoms with Crippen molar-refractivity contribution < 1.29 is 18.4 Å². The number of carbonyl (C=O) groups is 2. The van der Waals surface area contributed by atoms with Crippen molar-refractivity contribution in [3.8, 4) is 5.69 Å². The van der Waals surface area contributed by atoms with Gasteiger partial charge in [-0.15, -0.1) is 0 Å². The molecular weight excluding hydrogens is 399 g/mol. The lowest BCUT2D eigenvalue weighted by atomic mass is 10.2. The number of nitrogens with zero attached hydrogens (tertiary/aromatic N) is 2. The van der Waals surface area contributed by atoms with Gasteiger partial charge in [-0.25, -0.2) is 9.07 Å². The van der Waals surface area contributed by atoms with Crippen LogP contribution in [0.1, 0.15) is 32.3 Å². The molecule has 0 radical (unpaired) electrons. The molecule has 0 aliphatic carbocycles. The van der Waals surface area contributed by atoms with E-state index in [1.54, 1.807) is 17.7 Å². The molecule has 0 atom stereocenters. The molecule has 2 heterocycles. The van der Waals surface area contributed by atoms with E-state index in [4.69, 9.17) is 4.42 Å². The Hall–Kier alpha value is -4.20. The summed E-state index contributed by atoms with van der Waals surface area (Å²) in [5.74, 6) is -1.17. The molecule has 0 saturated heterocycles. The highest BCUT2D eigenvalue weighted by atomic mass is 19.1. The summed E-state index contributed by atoms with van der Waals surface area (Å²) >= 11 is 0. The van der Waals surface area contributed by atoms with E-state index in [1.807, 2.05) is 37.3 Å². The van der Waals surface area contributed by atoms with Crippen LogP contribution in [0.4, 0.5) is 15.8 Å². The fourth-order valence-corrected chi connectivity index (χ4v) is 3.12. The molecule has 156 valence electrons. The Morgan fingerprint density at radius 1 is 0.968 bits per heavy atom. The van der Waals surface area contributed by atoms with Crippen LogP contribution in [-0.2, 0) is 0 Å². The van der Waals surface area contributed by atoms with E-state index in [1.165, 1.54) is 30.5 Å². The minimum atomic E-state index is -0.628. The molecule has 0 bridgehead atoms. The molecule has 0 spiro atoms. The van der Waals surface area contributed by atoms with E-state index in [9.17, 15) is 14.0 Å². The van der Waals surface area contributed by atoms with Crippen molar-refractivity contribution in [2.75, 3.05) is 10.6 Å². The molecule has 0 saturated carbocycles. The number of nitrogens with one attached hydrogen (secondary N) is 2. The molecule has 8 heteroatoms. The van der Waals surface area contributed by atoms with Gasteiger partial charge in [-0.2, -0.15) is 5.10 Å². The second-order valence-corrected chi connectivity index (χ2v) is 6.91. The number of anilines is 2. The largest absolute Gasteiger partial charge is 0.469 e. The normalized spacial score (nSPS) is 10.7. The van der Waals surface area contributed by atoms with E-state index < -0.39 is 17.6 Å². The topological polar surface area (TPSA) is 89.2 Å². The summed E-state index contributed by atoms with van der Waals surface area (Å²) < 4.78 is 21.0. The molecule has 0 aliphatic rings. The van der Waals surface area contributed by atoms with Gasteiger partial charge >= 0.3 is 0 Å². The quantitative estimate of drug-likeness (QED) is 0.491. The van der Waals surface area contributed by atoms with Crippen molar-refractivity contribution in [3.05, 3.63) is 95.5 Å². The maximum Gasteiger partial charge on any atom is 0.276 e. The molecule has 2 aromatic heterocycles. The Morgan fingerprint density at radius 2 is 1.74 bits per heavy atom. The molecule has 0 fully saturated rings. The number of carbonyl (C=O) groups excluding carboxylic acids is 2. The minimum absolute atomic E-state index is 0.0607. The van der Waals surface area contributed by atoms with Crippen LogP contribution in [0.5, 0.6) is 0 Å². The molecule has 7 nitrogen and oxygen atoms in total. The van der Waals surface area contributed by atoms with Gasteiger partial charge in [0.25, 0.3) is 11.8 Å². The smallest absolute Gasteiger partial charge is 0.276 e. The van der Waals surface area contributed by atoms with Crippen LogP contribution in [0, 0.1) is 19.7 Å². The first kappa shape index (κ1) is 20.1. The summed E-state index contributed by atoms with van der Waals surface area (Å²) in [7, 11) is 0. The second-order valence-electron chi connectivity index (χ2n) is 6.91. The highest BCUT2D eigenvalue weighted by molar-refractivity contribution is 6.06. The van der Waals surface area contributed by atoms with E-state index in [2.05, 4.69) is 15.7 Å². The first-order valence-electron chi connectivity index (χ1n) is 9.51. The lowest BCUT2D eigenvalue weighted by Gasteiger charge is -2.09. The third-order valence-electron chi connectivity index (χ3n) is 4.70. The number of halogens is 1. The minimum Gasteiger partial charge on any atom is -0.469 e. The van der Waals surface area contributed by atoms with Crippen molar-refractivity contribution in [2.24, 2.45) is 0 Å². The maximum atomic E-state index is 14.2. The number of hydrogen-bond acceptors (Lipinski definition) is 4. The zero-order chi connectivity index (χ0) is 22.0. The van der Waals surface area contributed by atoms with Crippen LogP contribution in [0.25, 0.3) is 5.69 Å². The van der Waals surface area contributed by atoms with Crippen molar-refractivity contribution >= 4 is 23.2 Å². The number of amides is 2. The van der Waals surface area contributed by atoms with Gasteiger partial charge in [0.15, 0.2) is 5.69 Å². The Bertz CT molecular complexity index is 1260. The summed E-state index contributed by atoms with van der Waals surface area (Å²) in [5, 5.41) is 9.54. The SMILES string of the molecule is Cc1occc1C(=O)Nc1cc(NC(=O)c2cc(C)n(-c3ccccc3)n2)ccc1F. The number of benzene rings is 2. The van der Waals surface area contributed by atoms with Crippen LogP contribution < -0.4 is 10.6 Å². The average molecular weight is 418 g/mol. The van der Waals surface area contributed by atoms with Crippen molar-refractivity contribution in [1.29, 1.82) is 0 Å². The fourth-order valence-electron chi connectivity index (χ4n) is 3.12. The van der Waals surface area contributed by atoms with Crippen LogP contribution in [0.3, 0.4) is 0 Å². The van der Waals surface area contributed by atoms with E-state index in [0.29, 0.717) is 17.0 Å². The predicted molar refractivity (Wildman–Crippen MR) is 114 cm³/mol. The van der Waals surface area contributed by atoms with Crippen molar-refractivity contribution in [2.45, 2.75) is 13.8 Å². The number of para-hydroxylation sites is 1. The van der Waals surface area contributed by atoms with E-state index in [0.717, 1.165) is 11.4 Å². The summed E-state index contributed by atoms with van der Waals surface area (Å²) in [5.41, 5.74) is 2.40. The predicted octanol–water partition coefficient (Wildman–Crippen LogP) is 4.73. The monoisotopic (exact) mass is 418 g/mol. The molecule has 2 amide bonds. The van der Waals surface area contributed by atoms with Crippen molar-refractivity contribution in [1.82, 2.24) is 9.78 Å². The van der Waals surface area contributed by atoms with Crippen LogP contribution in [0.15, 0.2) is 71.3 Å². The average Bonchev–Trinajstić information content (AvgIpc) is 3.36. The standard InChI is InChI=1S/C23H19FN4O3/c1-14-12-21(27-28(14)17-6-4-3-5-7-17)23(30)25-16-8-9-19(24)20(13-16)26-22(29)18-10-11-31-15(18)2/h3-13H,1-2H3,(H,25,30)(H,26,29). The number of furan rings is 1. The van der Waals surface area contributed by atoms with E-state index in [-0.39, 0.29) is 11.4 Å². The Kier molecular flexibility index (Phi) is 5.36. The fraction of sp³-hybridized carbons (Fsp3) is 0.0870. The Labute approximate surface area is 177 Å². The van der Waals surface area contributed by atoms with Crippen LogP contribution in [0.2, 0.25) is 0 Å². The third-order valence-corrected chi connectivity index (χ3v) is 4.70. The Morgan fingerprint density at radius 3 is 2.45 bits per heavy atom. The van der Waals surface area contributed by atoms with Gasteiger partial charge in [0, 0.05) is 11.4 Å². The van der Waals surface area contributed by atoms with Gasteiger partial charge in [-0.1, -0.05) is 18.2 Å². The highest BCUT2D eigenvalue weighted by Gasteiger charge is 2.17. The molecule has 4 rings (SSSR count). The molecule has 0 aliphatic heterocycles. The first-order valence-corrected chi connectivity index (χ1v) is 9.51. The molecule has 4 aromatic rings. The molecule has 2 N–H and O–H groups in total. The number of aryl methyl sites for hydroxylation is 2. The van der Waals surface area contributed by atoms with Gasteiger partial charge in [-0.05, 0) is 56.3 Å². The van der Waals surface area contributed by atoms with Gasteiger partial charge in [0.2, 0.25) is 0 Å². The summed E-state index contributed by atoms with van der Waals surface area (Å²) in [4.78, 5) is 25.0. The van der Waals surface area contributed by atoms with Crippen LogP contribution in [-0.4, -0.2) is 21.6 Å². The third kappa shape index (κ3) is 4.23. The maximum absolute atomic E-state index is 14.2. The Balaban J connectivity index is 1.52. The lowest BCUT2D eigenvalue weighted by molar-refractivity contribution is 0.101. The molecule has 0 unspecified atom stereocenters. The van der Waals surface area contributed by atoms with Crippen molar-refractivity contribution in [3.63, 3.8) is 0 Å². The van der Waals surface area contributed by atoms with Gasteiger partial charge < -0.3 is 15.1 Å². The second kappa shape index (κ2) is 8.27. The zero-order valence-electron chi connectivity index (χ0n) is 16.8. The first-order chi connectivity index (χ1) is 14.9. The van der Waals surface area contributed by atoms with Crippen LogP contribution >= 0.6 is 0 Å². The van der Waals surface area contributed by atoms with Gasteiger partial charge in [0.1, 0.15) is 11.6 Å². The molecule has 31 heavy (non-hydrogen) atoms. The molecular formula is C23H19FN4O3. The van der Waals surface area contributed by atoms with E-state index >= 15 is 0 Å². The van der Waals surface area contributed by atoms with Gasteiger partial charge in [-0.3, -0.25) is 9.59 Å². The number of aromatic nitrogens is 2. The van der Waals surface area contributed by atoms with Gasteiger partial charge in [0.05, 0.1) is 23.2 Å². The lowest BCUT2D eigenvalue weighted by Crippen LogP contribution is -2.15. The number of hydrogen-bond donors (Lipinski definition) is 2. The molecule has 2 aromatic carbocycles. The zero-order valence-corrected chi connectivity index (χ0v) is 16.8. The summed E-state index contributed by atoms with van der Waals surface area (Å²) in [6.07, 6.45) is 1.38.